The van der Waals surface area contributed by atoms with E-state index in [-0.39, 0.29) is 41.8 Å². The van der Waals surface area contributed by atoms with Crippen molar-refractivity contribution in [2.45, 2.75) is 76.1 Å². The average molecular weight is 519 g/mol. The normalized spacial score (nSPS) is 14.5. The van der Waals surface area contributed by atoms with Crippen molar-refractivity contribution in [2.75, 3.05) is 0 Å². The molecule has 2 aliphatic rings. The van der Waals surface area contributed by atoms with Crippen molar-refractivity contribution < 1.29 is 41.4 Å². The maximum atomic E-state index is 2.58. The Balaban J connectivity index is 0.00000181. The van der Waals surface area contributed by atoms with Gasteiger partial charge in [-0.2, -0.15) is 0 Å². The van der Waals surface area contributed by atoms with E-state index in [0.29, 0.717) is 4.22 Å². The van der Waals surface area contributed by atoms with Gasteiger partial charge in [-0.3, -0.25) is 0 Å². The van der Waals surface area contributed by atoms with Gasteiger partial charge in [0, 0.05) is 0 Å². The number of hydrogen-bond acceptors (Lipinski definition) is 0. The van der Waals surface area contributed by atoms with Crippen molar-refractivity contribution in [1.82, 2.24) is 0 Å². The standard InChI is InChI=1S/C21H25.C5H5.C2H6Si.2ClH.Ti/c1-20(2,3)16-7-9-18-14(12-16)11-15-13-17(21(4,5)6)8-10-19(15)18;1-2-4-5-3-1;1-3-2;;;/h7-13H,1-6H3;1-3H,4H2;1-2H3;2*1H;/q;;;;;+2/p-2. The first-order valence-electron chi connectivity index (χ1n) is 11.3. The monoisotopic (exact) mass is 518 g/mol. The molecule has 2 aliphatic carbocycles. The summed E-state index contributed by atoms with van der Waals surface area (Å²) in [4.78, 5) is 0. The first-order chi connectivity index (χ1) is 14.0. The number of fused-ring (bicyclic) bond motifs is 3. The largest absolute Gasteiger partial charge is 1.00 e. The van der Waals surface area contributed by atoms with Gasteiger partial charge in [-0.25, -0.2) is 0 Å². The summed E-state index contributed by atoms with van der Waals surface area (Å²) in [6.45, 7) is 19.2. The molecule has 170 valence electrons. The van der Waals surface area contributed by atoms with E-state index >= 15 is 0 Å². The Morgan fingerprint density at radius 3 is 1.59 bits per heavy atom. The summed E-state index contributed by atoms with van der Waals surface area (Å²) in [5.74, 6) is 0. The van der Waals surface area contributed by atoms with Crippen LogP contribution < -0.4 is 24.8 Å². The molecule has 0 unspecified atom stereocenters. The van der Waals surface area contributed by atoms with Gasteiger partial charge in [0.25, 0.3) is 0 Å². The summed E-state index contributed by atoms with van der Waals surface area (Å²) in [6, 6.07) is 14.8. The Kier molecular flexibility index (Phi) is 8.62. The molecule has 0 saturated heterocycles. The first-order valence-corrected chi connectivity index (χ1v) is 17.8. The Labute approximate surface area is 214 Å². The molecule has 0 spiro atoms. The first kappa shape index (κ1) is 27.7. The number of rotatable bonds is 2. The van der Waals surface area contributed by atoms with Gasteiger partial charge < -0.3 is 24.8 Å². The summed E-state index contributed by atoms with van der Waals surface area (Å²) < 4.78 is 2.45. The van der Waals surface area contributed by atoms with Gasteiger partial charge in [0.2, 0.25) is 0 Å². The van der Waals surface area contributed by atoms with Crippen LogP contribution in [0.5, 0.6) is 0 Å². The molecule has 0 fully saturated rings. The number of allylic oxidation sites excluding steroid dienone is 4. The minimum absolute atomic E-state index is 0. The second kappa shape index (κ2) is 9.97. The third-order valence-electron chi connectivity index (χ3n) is 6.69. The number of hydrogen-bond donors (Lipinski definition) is 0. The number of halogens is 2. The zero-order valence-electron chi connectivity index (χ0n) is 20.7. The zero-order chi connectivity index (χ0) is 21.8. The van der Waals surface area contributed by atoms with E-state index in [2.05, 4.69) is 109 Å². The van der Waals surface area contributed by atoms with Gasteiger partial charge in [-0.1, -0.05) is 0 Å². The van der Waals surface area contributed by atoms with Crippen molar-refractivity contribution in [2.24, 2.45) is 0 Å². The molecule has 2 aromatic carbocycles. The Morgan fingerprint density at radius 2 is 1.25 bits per heavy atom. The third kappa shape index (κ3) is 5.08. The molecule has 4 heteroatoms. The zero-order valence-corrected chi connectivity index (χ0v) is 24.8. The van der Waals surface area contributed by atoms with E-state index in [1.807, 2.05) is 0 Å². The van der Waals surface area contributed by atoms with Gasteiger partial charge in [0.1, 0.15) is 0 Å². The van der Waals surface area contributed by atoms with Gasteiger partial charge >= 0.3 is 191 Å². The Hall–Kier alpha value is -0.569. The topological polar surface area (TPSA) is 0 Å². The smallest absolute Gasteiger partial charge is 1.00 e. The van der Waals surface area contributed by atoms with Crippen LogP contribution in [0.2, 0.25) is 13.1 Å². The molecule has 0 saturated carbocycles. The van der Waals surface area contributed by atoms with E-state index in [1.54, 1.807) is 15.0 Å². The van der Waals surface area contributed by atoms with E-state index in [4.69, 9.17) is 0 Å². The number of benzene rings is 2. The molecular formula is C28H36Cl2SiTi. The third-order valence-corrected chi connectivity index (χ3v) is 18.9. The van der Waals surface area contributed by atoms with Crippen LogP contribution >= 0.6 is 0 Å². The SMILES string of the molecule is C[Si](C)=[Ti+2]([C]1=CC=CC1)[CH]1c2cc(C(C)(C)C)ccc2-c2ccc(C(C)(C)C)cc21.[Cl-].[Cl-]. The Bertz CT molecular complexity index is 1040. The van der Waals surface area contributed by atoms with Crippen molar-refractivity contribution >= 4 is 6.19 Å². The van der Waals surface area contributed by atoms with E-state index < -0.39 is 16.6 Å². The summed E-state index contributed by atoms with van der Waals surface area (Å²) in [6.07, 6.45) is 8.00. The minimum Gasteiger partial charge on any atom is -1.00 e. The fourth-order valence-electron chi connectivity index (χ4n) is 4.95. The molecule has 0 aromatic heterocycles. The van der Waals surface area contributed by atoms with Crippen molar-refractivity contribution in [3.63, 3.8) is 0 Å². The van der Waals surface area contributed by atoms with Gasteiger partial charge in [0.15, 0.2) is 0 Å². The summed E-state index contributed by atoms with van der Waals surface area (Å²) in [5, 5.41) is 0. The van der Waals surface area contributed by atoms with Crippen LogP contribution in [0.4, 0.5) is 0 Å². The molecule has 0 heterocycles. The molecule has 32 heavy (non-hydrogen) atoms. The van der Waals surface area contributed by atoms with Crippen molar-refractivity contribution in [3.05, 3.63) is 80.8 Å². The maximum Gasteiger partial charge on any atom is -1.00 e. The predicted octanol–water partition coefficient (Wildman–Crippen LogP) is 2.07. The maximum absolute atomic E-state index is 2.58. The molecule has 0 radical (unpaired) electrons. The molecule has 2 aromatic rings. The second-order valence-corrected chi connectivity index (χ2v) is 23.4. The molecule has 0 N–H and O–H groups in total. The van der Waals surface area contributed by atoms with E-state index in [0.717, 1.165) is 0 Å². The summed E-state index contributed by atoms with van der Waals surface area (Å²) in [7, 11) is 0. The molecule has 0 atom stereocenters. The molecule has 4 rings (SSSR count). The van der Waals surface area contributed by atoms with Crippen LogP contribution in [0.15, 0.2) is 58.5 Å². The van der Waals surface area contributed by atoms with E-state index in [1.165, 1.54) is 28.7 Å². The van der Waals surface area contributed by atoms with Crippen molar-refractivity contribution in [3.8, 4) is 11.1 Å². The minimum atomic E-state index is -1.49. The van der Waals surface area contributed by atoms with Crippen LogP contribution in [-0.2, 0) is 27.4 Å². The molecule has 0 nitrogen and oxygen atoms in total. The van der Waals surface area contributed by atoms with Crippen molar-refractivity contribution in [1.29, 1.82) is 0 Å². The van der Waals surface area contributed by atoms with E-state index in [9.17, 15) is 0 Å². The van der Waals surface area contributed by atoms with Crippen LogP contribution in [0.3, 0.4) is 0 Å². The Morgan fingerprint density at radius 1 is 0.781 bits per heavy atom. The van der Waals surface area contributed by atoms with Crippen LogP contribution in [0, 0.1) is 0 Å². The second-order valence-electron chi connectivity index (χ2n) is 11.3. The molecule has 0 aliphatic heterocycles. The van der Waals surface area contributed by atoms with Crippen LogP contribution in [-0.4, -0.2) is 6.19 Å². The molecule has 0 amide bonds. The summed E-state index contributed by atoms with van der Waals surface area (Å²) >= 11 is -1.49. The van der Waals surface area contributed by atoms with Crippen LogP contribution in [0.25, 0.3) is 11.1 Å². The van der Waals surface area contributed by atoms with Gasteiger partial charge in [-0.15, -0.1) is 0 Å². The molecule has 0 bridgehead atoms. The quantitative estimate of drug-likeness (QED) is 0.534. The van der Waals surface area contributed by atoms with Gasteiger partial charge in [-0.05, 0) is 0 Å². The summed E-state index contributed by atoms with van der Waals surface area (Å²) in [5.41, 5.74) is 9.61. The molecular weight excluding hydrogens is 483 g/mol. The average Bonchev–Trinajstić information content (AvgIpc) is 3.27. The fraction of sp³-hybridized carbons (Fsp3) is 0.429. The van der Waals surface area contributed by atoms with Crippen LogP contribution in [0.1, 0.15) is 74.4 Å². The van der Waals surface area contributed by atoms with Gasteiger partial charge in [0.05, 0.1) is 0 Å². The predicted molar refractivity (Wildman–Crippen MR) is 130 cm³/mol. The fourth-order valence-corrected chi connectivity index (χ4v) is 17.2.